The number of aromatic nitrogens is 7. The van der Waals surface area contributed by atoms with Gasteiger partial charge in [0.15, 0.2) is 12.6 Å². The fourth-order valence-corrected chi connectivity index (χ4v) is 9.30. The molecule has 1 aliphatic rings. The minimum Gasteiger partial charge on any atom is -0.462 e. The highest BCUT2D eigenvalue weighted by molar-refractivity contribution is 6.20. The van der Waals surface area contributed by atoms with Gasteiger partial charge in [-0.05, 0) is 145 Å². The second kappa shape index (κ2) is 46.8. The number of nitrogens with two attached hydrogens (primary N) is 1. The number of urea groups is 2. The Kier molecular flexibility index (Phi) is 38.2. The quantitative estimate of drug-likeness (QED) is 0.00566. The average Bonchev–Trinajstić information content (AvgIpc) is 0.845. The molecule has 4 heterocycles. The van der Waals surface area contributed by atoms with Crippen molar-refractivity contribution in [1.29, 1.82) is 0 Å². The Balaban J connectivity index is 0.000000313. The third-order valence-corrected chi connectivity index (χ3v) is 14.6. The van der Waals surface area contributed by atoms with Crippen LogP contribution in [0.5, 0.6) is 0 Å². The van der Waals surface area contributed by atoms with Crippen molar-refractivity contribution in [2.45, 2.75) is 143 Å². The van der Waals surface area contributed by atoms with E-state index in [2.05, 4.69) is 106 Å². The molecule has 32 nitrogen and oxygen atoms in total. The number of aromatic amines is 2. The molecule has 3 aromatic heterocycles. The zero-order valence-electron chi connectivity index (χ0n) is 58.8. The van der Waals surface area contributed by atoms with E-state index in [1.807, 2.05) is 69.3 Å². The number of unbranched alkanes of at least 4 members (excludes halogenated alkanes) is 5. The van der Waals surface area contributed by atoms with E-state index in [4.69, 9.17) is 36.3 Å². The third kappa shape index (κ3) is 32.5. The number of hydrogen-bond acceptors (Lipinski definition) is 26. The van der Waals surface area contributed by atoms with E-state index in [-0.39, 0.29) is 71.8 Å². The van der Waals surface area contributed by atoms with Crippen molar-refractivity contribution in [3.8, 4) is 0 Å². The molecule has 1 fully saturated rings. The van der Waals surface area contributed by atoms with Gasteiger partial charge in [0.05, 0.1) is 30.9 Å². The van der Waals surface area contributed by atoms with Crippen molar-refractivity contribution >= 4 is 101 Å². The van der Waals surface area contributed by atoms with Gasteiger partial charge in [-0.3, -0.25) is 46.1 Å². The van der Waals surface area contributed by atoms with Crippen LogP contribution in [0.2, 0.25) is 0 Å². The number of nitrogens with zero attached hydrogens (tertiary/aromatic N) is 5. The lowest BCUT2D eigenvalue weighted by atomic mass is 10.2. The van der Waals surface area contributed by atoms with Crippen LogP contribution in [0, 0.1) is 13.8 Å². The Hall–Kier alpha value is -9.61. The maximum Gasteiger partial charge on any atom is 0.338 e. The Morgan fingerprint density at radius 2 is 0.903 bits per heavy atom. The molecule has 34 heteroatoms. The molecule has 18 N–H and O–H groups in total. The van der Waals surface area contributed by atoms with Gasteiger partial charge in [-0.2, -0.15) is 15.0 Å². The van der Waals surface area contributed by atoms with Crippen molar-refractivity contribution in [2.24, 2.45) is 5.73 Å². The summed E-state index contributed by atoms with van der Waals surface area (Å²) in [5, 5.41) is 56.3. The zero-order chi connectivity index (χ0) is 73.4. The molecule has 1 saturated heterocycles. The number of alkyl halides is 1. The molecule has 0 radical (unpaired) electrons. The summed E-state index contributed by atoms with van der Waals surface area (Å²) in [6.45, 7) is 15.3. The number of carbonyl (C=O) groups excluding carboxylic acids is 4. The second-order valence-electron chi connectivity index (χ2n) is 23.1. The summed E-state index contributed by atoms with van der Waals surface area (Å²) >= 11 is 6.34. The van der Waals surface area contributed by atoms with Crippen LogP contribution in [0.4, 0.5) is 62.1 Å². The first-order chi connectivity index (χ1) is 49.3. The Morgan fingerprint density at radius 3 is 1.32 bits per heavy atom. The normalized spacial score (nSPS) is 14.2. The van der Waals surface area contributed by atoms with Crippen molar-refractivity contribution in [1.82, 2.24) is 61.5 Å². The smallest absolute Gasteiger partial charge is 0.338 e. The largest absolute Gasteiger partial charge is 0.462 e. The van der Waals surface area contributed by atoms with Gasteiger partial charge in [-0.25, -0.2) is 29.1 Å². The van der Waals surface area contributed by atoms with E-state index >= 15 is 0 Å². The molecule has 0 bridgehead atoms. The van der Waals surface area contributed by atoms with E-state index in [1.54, 1.807) is 62.4 Å². The van der Waals surface area contributed by atoms with E-state index in [9.17, 15) is 39.0 Å². The molecule has 1 aliphatic heterocycles. The number of halogens is 2. The molecule has 560 valence electrons. The van der Waals surface area contributed by atoms with Crippen LogP contribution >= 0.6 is 24.0 Å². The van der Waals surface area contributed by atoms with Gasteiger partial charge in [0.1, 0.15) is 18.2 Å². The van der Waals surface area contributed by atoms with E-state index in [0.717, 1.165) is 69.2 Å². The summed E-state index contributed by atoms with van der Waals surface area (Å²) in [5.41, 5.74) is 10.5. The number of esters is 2. The minimum absolute atomic E-state index is 0. The molecule has 0 spiro atoms. The predicted octanol–water partition coefficient (Wildman–Crippen LogP) is 9.35. The van der Waals surface area contributed by atoms with E-state index in [0.29, 0.717) is 116 Å². The van der Waals surface area contributed by atoms with E-state index in [1.165, 1.54) is 12.1 Å². The molecule has 8 rings (SSSR count). The SMILES string of the molecule is CCCCOC(=O)c1ccc(Nc2nc(NCCCCNC(=O)Nc3nc(C)cc(=O)[nH]3)nc(Nc3ccc(C(=O)OCCCC)cc3)n2)cc1.CCCCOC(O)c1ccc(NC2NC(Cl)NC(Nc3ccc(C(O)OCCC)cc3)N2)cc1.Cc1cc(=O)[nH]c(NC(=O)NCCCCN)n1.Cl. The third-order valence-electron chi connectivity index (χ3n) is 14.4. The Labute approximate surface area is 609 Å². The van der Waals surface area contributed by atoms with Gasteiger partial charge in [0.2, 0.25) is 29.7 Å². The van der Waals surface area contributed by atoms with Gasteiger partial charge < -0.3 is 72.1 Å². The molecule has 7 aromatic rings. The molecule has 4 amide bonds. The molecule has 103 heavy (non-hydrogen) atoms. The van der Waals surface area contributed by atoms with Gasteiger partial charge >= 0.3 is 24.0 Å². The van der Waals surface area contributed by atoms with Crippen LogP contribution in [0.15, 0.2) is 119 Å². The highest BCUT2D eigenvalue weighted by atomic mass is 35.5. The highest BCUT2D eigenvalue weighted by Crippen LogP contribution is 2.23. The van der Waals surface area contributed by atoms with Gasteiger partial charge in [0.25, 0.3) is 11.1 Å². The molecular formula is C69H98Cl2N20O12. The topological polar surface area (TPSA) is 446 Å². The number of benzene rings is 4. The summed E-state index contributed by atoms with van der Waals surface area (Å²) in [7, 11) is 0. The number of aliphatic hydroxyl groups excluding tert-OH is 2. The van der Waals surface area contributed by atoms with Crippen molar-refractivity contribution in [2.75, 3.05) is 89.8 Å². The molecule has 0 aliphatic carbocycles. The van der Waals surface area contributed by atoms with Crippen LogP contribution in [0.3, 0.4) is 0 Å². The summed E-state index contributed by atoms with van der Waals surface area (Å²) in [5.74, 6) is 0.224. The fourth-order valence-electron chi connectivity index (χ4n) is 9.05. The number of H-pyrrole nitrogens is 2. The summed E-state index contributed by atoms with van der Waals surface area (Å²) in [6, 6.07) is 30.2. The van der Waals surface area contributed by atoms with E-state index < -0.39 is 30.3 Å². The Bertz CT molecular complexity index is 3690. The summed E-state index contributed by atoms with van der Waals surface area (Å²) in [4.78, 5) is 97.3. The molecule has 4 aromatic carbocycles. The molecule has 5 atom stereocenters. The first kappa shape index (κ1) is 84.0. The number of amides is 4. The molecule has 5 unspecified atom stereocenters. The molecule has 0 saturated carbocycles. The first-order valence-corrected chi connectivity index (χ1v) is 34.5. The van der Waals surface area contributed by atoms with Gasteiger partial charge in [-0.15, -0.1) is 12.4 Å². The standard InChI is InChI=1S/C35H44N10O6.C24H36ClN5O4.C10H17N5O2.ClH/c1-4-6-20-50-29(47)24-10-14-26(15-11-24)39-33-42-31(36-18-8-9-19-37-35(49)45-32-38-23(3)22-28(46)41-32)43-34(44-33)40-27-16-12-25(13-17-27)30(48)51-21-7-5-2;1-3-5-15-34-21(32)17-8-12-19(13-9-17)27-24-29-22(25)28-23(30-24)26-18-10-6-16(7-11-18)20(31)33-14-4-2;1-7-6-8(16)14-9(13-7)15-10(17)12-5-3-2-4-11;/h10-17,22H,4-9,18-21H2,1-3H3,(H3,36,39,40,42,43,44)(H3,37,38,41,45,46,49);6-13,20-24,26-32H,3-5,14-15H2,1-2H3;6H,2-5,11H2,1H3,(H3,12,13,14,15,16,17);1H. The lowest BCUT2D eigenvalue weighted by Gasteiger charge is -2.37. The van der Waals surface area contributed by atoms with Gasteiger partial charge in [0, 0.05) is 83.6 Å². The lowest BCUT2D eigenvalue weighted by Crippen LogP contribution is -2.70. The number of ether oxygens (including phenoxy) is 4. The maximum absolute atomic E-state index is 12.3. The van der Waals surface area contributed by atoms with Crippen LogP contribution in [-0.2, 0) is 18.9 Å². The Morgan fingerprint density at radius 1 is 0.505 bits per heavy atom. The van der Waals surface area contributed by atoms with Crippen molar-refractivity contribution in [3.63, 3.8) is 0 Å². The number of aliphatic hydroxyl groups is 2. The van der Waals surface area contributed by atoms with Crippen LogP contribution in [0.1, 0.15) is 154 Å². The monoisotopic (exact) mass is 1470 g/mol. The number of hydrogen-bond donors (Lipinski definition) is 17. The first-order valence-electron chi connectivity index (χ1n) is 34.1. The number of nitrogens with one attached hydrogen (secondary N) is 14. The average molecular weight is 1470 g/mol. The fraction of sp³-hybridized carbons (Fsp3) is 0.435. The number of carbonyl (C=O) groups is 4. The van der Waals surface area contributed by atoms with Gasteiger partial charge in [-0.1, -0.05) is 82.8 Å². The molecular weight excluding hydrogens is 1370 g/mol. The summed E-state index contributed by atoms with van der Waals surface area (Å²) < 4.78 is 21.4. The zero-order valence-corrected chi connectivity index (χ0v) is 60.4. The van der Waals surface area contributed by atoms with Crippen LogP contribution in [-0.4, -0.2) is 140 Å². The van der Waals surface area contributed by atoms with Crippen molar-refractivity contribution < 1.29 is 48.3 Å². The summed E-state index contributed by atoms with van der Waals surface area (Å²) in [6.07, 6.45) is 6.75. The minimum atomic E-state index is -0.930. The number of aryl methyl sites for hydroxylation is 2. The number of rotatable bonds is 37. The van der Waals surface area contributed by atoms with Crippen molar-refractivity contribution in [3.05, 3.63) is 164 Å². The predicted molar refractivity (Wildman–Crippen MR) is 400 cm³/mol. The van der Waals surface area contributed by atoms with Crippen LogP contribution in [0.25, 0.3) is 0 Å². The van der Waals surface area contributed by atoms with Crippen LogP contribution < -0.4 is 80.7 Å². The highest BCUT2D eigenvalue weighted by Gasteiger charge is 2.26. The lowest BCUT2D eigenvalue weighted by molar-refractivity contribution is -0.103. The maximum atomic E-state index is 12.3. The number of anilines is 9. The second-order valence-corrected chi connectivity index (χ2v) is 23.5.